The number of nitrogens with zero attached hydrogens (tertiary/aromatic N) is 5. The van der Waals surface area contributed by atoms with Crippen molar-refractivity contribution in [3.05, 3.63) is 11.8 Å². The van der Waals surface area contributed by atoms with E-state index in [0.29, 0.717) is 36.6 Å². The molecule has 7 nitrogen and oxygen atoms in total. The second-order valence-corrected chi connectivity index (χ2v) is 6.20. The summed E-state index contributed by atoms with van der Waals surface area (Å²) >= 11 is 1.21. The van der Waals surface area contributed by atoms with Gasteiger partial charge in [0, 0.05) is 25.6 Å². The highest BCUT2D eigenvalue weighted by Gasteiger charge is 2.34. The molecule has 0 radical (unpaired) electrons. The van der Waals surface area contributed by atoms with Gasteiger partial charge in [0.2, 0.25) is 5.91 Å². The van der Waals surface area contributed by atoms with E-state index in [1.54, 1.807) is 4.90 Å². The largest absolute Gasteiger partial charge is 0.296 e. The van der Waals surface area contributed by atoms with Crippen LogP contribution in [0, 0.1) is 28.6 Å². The number of rotatable bonds is 5. The Morgan fingerprint density at radius 3 is 2.95 bits per heavy atom. The Labute approximate surface area is 132 Å². The van der Waals surface area contributed by atoms with Crippen molar-refractivity contribution in [1.82, 2.24) is 9.78 Å². The van der Waals surface area contributed by atoms with Crippen LogP contribution in [0.4, 0.5) is 5.82 Å². The lowest BCUT2D eigenvalue weighted by Gasteiger charge is -2.18. The normalized spacial score (nSPS) is 17.3. The summed E-state index contributed by atoms with van der Waals surface area (Å²) in [5, 5.41) is 22.0. The zero-order valence-electron chi connectivity index (χ0n) is 12.2. The van der Waals surface area contributed by atoms with Crippen molar-refractivity contribution >= 4 is 28.6 Å². The molecule has 1 fully saturated rings. The molecule has 1 saturated heterocycles. The molecule has 0 aromatic carbocycles. The summed E-state index contributed by atoms with van der Waals surface area (Å²) < 4.78 is 1.53. The number of aryl methyl sites for hydroxylation is 1. The molecule has 1 aliphatic rings. The topological polar surface area (TPSA) is 103 Å². The van der Waals surface area contributed by atoms with Gasteiger partial charge in [0.1, 0.15) is 11.6 Å². The molecular weight excluding hydrogens is 302 g/mol. The average Bonchev–Trinajstić information content (AvgIpc) is 3.05. The first-order chi connectivity index (χ1) is 10.6. The van der Waals surface area contributed by atoms with E-state index in [1.807, 2.05) is 12.1 Å². The van der Waals surface area contributed by atoms with E-state index in [9.17, 15) is 14.9 Å². The number of carbonyl (C=O) groups is 2. The van der Waals surface area contributed by atoms with E-state index in [2.05, 4.69) is 5.10 Å². The highest BCUT2D eigenvalue weighted by molar-refractivity contribution is 8.13. The maximum atomic E-state index is 12.2. The Balaban J connectivity index is 2.19. The molecule has 22 heavy (non-hydrogen) atoms. The molecule has 2 rings (SSSR count). The molecule has 1 aromatic rings. The smallest absolute Gasteiger partial charge is 0.228 e. The van der Waals surface area contributed by atoms with Gasteiger partial charge in [-0.1, -0.05) is 11.8 Å². The molecule has 1 aromatic heterocycles. The molecule has 0 saturated carbocycles. The molecule has 1 amide bonds. The van der Waals surface area contributed by atoms with Gasteiger partial charge in [0.05, 0.1) is 25.2 Å². The second kappa shape index (κ2) is 7.10. The number of aromatic nitrogens is 2. The number of carbonyl (C=O) groups excluding carboxylic acids is 2. The first kappa shape index (κ1) is 16.1. The molecule has 0 aliphatic carbocycles. The van der Waals surface area contributed by atoms with Gasteiger partial charge in [0.15, 0.2) is 10.9 Å². The summed E-state index contributed by atoms with van der Waals surface area (Å²) in [5.74, 6) is 1.04. The Morgan fingerprint density at radius 1 is 1.55 bits per heavy atom. The summed E-state index contributed by atoms with van der Waals surface area (Å²) in [6.45, 7) is 2.31. The minimum atomic E-state index is -0.0793. The molecule has 1 atom stereocenters. The molecular formula is C14H15N5O2S. The average molecular weight is 317 g/mol. The van der Waals surface area contributed by atoms with Crippen LogP contribution >= 0.6 is 11.8 Å². The minimum absolute atomic E-state index is 0.0303. The van der Waals surface area contributed by atoms with Crippen LogP contribution in [0.3, 0.4) is 0 Å². The van der Waals surface area contributed by atoms with Gasteiger partial charge in [-0.2, -0.15) is 15.6 Å². The number of hydrogen-bond acceptors (Lipinski definition) is 6. The predicted molar refractivity (Wildman–Crippen MR) is 80.8 cm³/mol. The van der Waals surface area contributed by atoms with Crippen LogP contribution < -0.4 is 4.90 Å². The monoisotopic (exact) mass is 317 g/mol. The first-order valence-electron chi connectivity index (χ1n) is 6.83. The van der Waals surface area contributed by atoms with Gasteiger partial charge in [-0.3, -0.25) is 14.5 Å². The van der Waals surface area contributed by atoms with Crippen LogP contribution in [0.2, 0.25) is 0 Å². The van der Waals surface area contributed by atoms with Crippen molar-refractivity contribution in [3.8, 4) is 12.1 Å². The van der Waals surface area contributed by atoms with Crippen molar-refractivity contribution in [2.45, 2.75) is 26.3 Å². The number of amides is 1. The lowest BCUT2D eigenvalue weighted by atomic mass is 10.1. The fourth-order valence-corrected chi connectivity index (χ4v) is 3.09. The van der Waals surface area contributed by atoms with E-state index in [1.165, 1.54) is 29.6 Å². The Morgan fingerprint density at radius 2 is 2.32 bits per heavy atom. The highest BCUT2D eigenvalue weighted by Crippen LogP contribution is 2.29. The maximum absolute atomic E-state index is 12.2. The van der Waals surface area contributed by atoms with Crippen molar-refractivity contribution in [1.29, 1.82) is 10.5 Å². The van der Waals surface area contributed by atoms with Gasteiger partial charge < -0.3 is 0 Å². The van der Waals surface area contributed by atoms with E-state index >= 15 is 0 Å². The van der Waals surface area contributed by atoms with Crippen LogP contribution in [0.1, 0.15) is 25.3 Å². The van der Waals surface area contributed by atoms with Crippen LogP contribution in [0.5, 0.6) is 0 Å². The standard InChI is InChI=1S/C14H15N5O2S/c1-10(20)22-9-11-5-13(21)18(8-11)14-12(6-16)7-17-19(14)4-2-3-15/h7,11H,2,4-5,8-9H2,1H3. The van der Waals surface area contributed by atoms with Crippen molar-refractivity contribution in [2.24, 2.45) is 5.92 Å². The Bertz CT molecular complexity index is 670. The fourth-order valence-electron chi connectivity index (χ4n) is 2.40. The third-order valence-electron chi connectivity index (χ3n) is 3.35. The number of thioether (sulfide) groups is 1. The van der Waals surface area contributed by atoms with E-state index < -0.39 is 0 Å². The summed E-state index contributed by atoms with van der Waals surface area (Å²) in [6, 6.07) is 4.06. The minimum Gasteiger partial charge on any atom is -0.296 e. The molecule has 8 heteroatoms. The number of anilines is 1. The molecule has 0 spiro atoms. The van der Waals surface area contributed by atoms with Gasteiger partial charge in [-0.15, -0.1) is 0 Å². The SMILES string of the molecule is CC(=O)SCC1CC(=O)N(c2c(C#N)cnn2CCC#N)C1. The lowest BCUT2D eigenvalue weighted by molar-refractivity contribution is -0.117. The van der Waals surface area contributed by atoms with Crippen molar-refractivity contribution in [3.63, 3.8) is 0 Å². The van der Waals surface area contributed by atoms with E-state index in [-0.39, 0.29) is 23.4 Å². The van der Waals surface area contributed by atoms with Gasteiger partial charge in [-0.25, -0.2) is 4.68 Å². The quantitative estimate of drug-likeness (QED) is 0.811. The van der Waals surface area contributed by atoms with E-state index in [4.69, 9.17) is 5.26 Å². The van der Waals surface area contributed by atoms with Gasteiger partial charge >= 0.3 is 0 Å². The lowest BCUT2D eigenvalue weighted by Crippen LogP contribution is -2.28. The molecule has 114 valence electrons. The Hall–Kier alpha value is -2.32. The summed E-state index contributed by atoms with van der Waals surface area (Å²) in [6.07, 6.45) is 2.03. The summed E-state index contributed by atoms with van der Waals surface area (Å²) in [4.78, 5) is 24.8. The molecule has 0 N–H and O–H groups in total. The third-order valence-corrected chi connectivity index (χ3v) is 4.40. The van der Waals surface area contributed by atoms with Crippen LogP contribution in [0.25, 0.3) is 0 Å². The van der Waals surface area contributed by atoms with Crippen LogP contribution in [-0.2, 0) is 16.1 Å². The van der Waals surface area contributed by atoms with Gasteiger partial charge in [-0.05, 0) is 5.92 Å². The van der Waals surface area contributed by atoms with Crippen molar-refractivity contribution < 1.29 is 9.59 Å². The molecule has 2 heterocycles. The van der Waals surface area contributed by atoms with Crippen LogP contribution in [0.15, 0.2) is 6.20 Å². The second-order valence-electron chi connectivity index (χ2n) is 5.00. The zero-order valence-corrected chi connectivity index (χ0v) is 13.0. The van der Waals surface area contributed by atoms with E-state index in [0.717, 1.165) is 0 Å². The van der Waals surface area contributed by atoms with Crippen molar-refractivity contribution in [2.75, 3.05) is 17.2 Å². The van der Waals surface area contributed by atoms with Gasteiger partial charge in [0.25, 0.3) is 0 Å². The summed E-state index contributed by atoms with van der Waals surface area (Å²) in [5.41, 5.74) is 0.325. The molecule has 1 unspecified atom stereocenters. The third kappa shape index (κ3) is 3.46. The molecule has 1 aliphatic heterocycles. The maximum Gasteiger partial charge on any atom is 0.228 e. The fraction of sp³-hybridized carbons (Fsp3) is 0.500. The first-order valence-corrected chi connectivity index (χ1v) is 7.82. The zero-order chi connectivity index (χ0) is 16.1. The number of hydrogen-bond donors (Lipinski definition) is 0. The predicted octanol–water partition coefficient (Wildman–Crippen LogP) is 1.30. The molecule has 0 bridgehead atoms. The Kier molecular flexibility index (Phi) is 5.18. The van der Waals surface area contributed by atoms with Crippen LogP contribution in [-0.4, -0.2) is 33.1 Å². The summed E-state index contributed by atoms with van der Waals surface area (Å²) in [7, 11) is 0. The highest BCUT2D eigenvalue weighted by atomic mass is 32.2. The number of nitriles is 2.